The summed E-state index contributed by atoms with van der Waals surface area (Å²) >= 11 is 0. The zero-order valence-electron chi connectivity index (χ0n) is 5.89. The molecule has 1 fully saturated rings. The summed E-state index contributed by atoms with van der Waals surface area (Å²) in [5.41, 5.74) is 0. The first-order chi connectivity index (χ1) is 4.27. The van der Waals surface area contributed by atoms with Crippen molar-refractivity contribution in [2.24, 2.45) is 0 Å². The first kappa shape index (κ1) is 6.99. The van der Waals surface area contributed by atoms with Crippen molar-refractivity contribution in [1.82, 2.24) is 5.32 Å². The van der Waals surface area contributed by atoms with Crippen molar-refractivity contribution in [2.45, 2.75) is 13.3 Å². The van der Waals surface area contributed by atoms with E-state index in [1.807, 2.05) is 0 Å². The maximum atomic E-state index is 11.4. The fraction of sp³-hybridized carbons (Fsp3) is 1.00. The van der Waals surface area contributed by atoms with Crippen LogP contribution in [-0.4, -0.2) is 30.9 Å². The van der Waals surface area contributed by atoms with E-state index in [1.54, 1.807) is 0 Å². The Morgan fingerprint density at radius 1 is 1.67 bits per heavy atom. The van der Waals surface area contributed by atoms with Crippen molar-refractivity contribution in [3.8, 4) is 0 Å². The second kappa shape index (κ2) is 2.64. The van der Waals surface area contributed by atoms with E-state index >= 15 is 0 Å². The van der Waals surface area contributed by atoms with Gasteiger partial charge in [-0.25, -0.2) is 0 Å². The summed E-state index contributed by atoms with van der Waals surface area (Å²) in [4.78, 5) is 0. The zero-order valence-corrected chi connectivity index (χ0v) is 5.89. The summed E-state index contributed by atoms with van der Waals surface area (Å²) in [7, 11) is 0. The number of rotatable bonds is 2. The Morgan fingerprint density at radius 3 is 2.89 bits per heavy atom. The lowest BCUT2D eigenvalue weighted by molar-refractivity contribution is -0.868. The Morgan fingerprint density at radius 2 is 2.44 bits per heavy atom. The molecule has 1 aliphatic heterocycles. The van der Waals surface area contributed by atoms with Crippen molar-refractivity contribution < 1.29 is 4.65 Å². The molecular weight excluding hydrogens is 116 g/mol. The number of nitrogens with zero attached hydrogens (tertiary/aromatic N) is 1. The number of hydroxylamine groups is 3. The van der Waals surface area contributed by atoms with Gasteiger partial charge in [-0.05, 0) is 6.42 Å². The summed E-state index contributed by atoms with van der Waals surface area (Å²) in [6.45, 7) is 5.09. The van der Waals surface area contributed by atoms with Gasteiger partial charge in [0.2, 0.25) is 0 Å². The van der Waals surface area contributed by atoms with Gasteiger partial charge in [-0.3, -0.25) is 5.32 Å². The second-order valence-corrected chi connectivity index (χ2v) is 2.66. The largest absolute Gasteiger partial charge is 0.632 e. The van der Waals surface area contributed by atoms with Gasteiger partial charge < -0.3 is 9.85 Å². The van der Waals surface area contributed by atoms with E-state index in [9.17, 15) is 5.21 Å². The van der Waals surface area contributed by atoms with Gasteiger partial charge in [0.25, 0.3) is 0 Å². The van der Waals surface area contributed by atoms with Gasteiger partial charge in [-0.15, -0.1) is 0 Å². The average molecular weight is 130 g/mol. The minimum Gasteiger partial charge on any atom is -0.632 e. The molecule has 1 atom stereocenters. The van der Waals surface area contributed by atoms with E-state index in [4.69, 9.17) is 0 Å². The molecule has 54 valence electrons. The summed E-state index contributed by atoms with van der Waals surface area (Å²) in [5.74, 6) is 0. The van der Waals surface area contributed by atoms with Gasteiger partial charge in [-0.1, -0.05) is 6.92 Å². The van der Waals surface area contributed by atoms with Crippen LogP contribution in [0.1, 0.15) is 13.3 Å². The predicted molar refractivity (Wildman–Crippen MR) is 36.5 cm³/mol. The van der Waals surface area contributed by atoms with Crippen LogP contribution in [0, 0.1) is 5.21 Å². The molecule has 0 saturated carbocycles. The first-order valence-electron chi connectivity index (χ1n) is 3.55. The molecule has 0 aromatic carbocycles. The molecule has 0 radical (unpaired) electrons. The van der Waals surface area contributed by atoms with Crippen LogP contribution in [-0.2, 0) is 0 Å². The van der Waals surface area contributed by atoms with E-state index in [1.165, 1.54) is 0 Å². The quantitative estimate of drug-likeness (QED) is 0.430. The van der Waals surface area contributed by atoms with E-state index in [0.717, 1.165) is 26.1 Å². The fourth-order valence-corrected chi connectivity index (χ4v) is 1.24. The molecule has 3 heteroatoms. The molecule has 1 heterocycles. The van der Waals surface area contributed by atoms with Crippen LogP contribution in [0.5, 0.6) is 0 Å². The molecule has 0 aromatic rings. The second-order valence-electron chi connectivity index (χ2n) is 2.66. The van der Waals surface area contributed by atoms with E-state index in [0.29, 0.717) is 6.67 Å². The molecule has 0 aromatic heterocycles. The monoisotopic (exact) mass is 130 g/mol. The molecule has 1 rings (SSSR count). The molecule has 0 spiro atoms. The summed E-state index contributed by atoms with van der Waals surface area (Å²) in [6.07, 6.45) is 0.991. The molecule has 9 heavy (non-hydrogen) atoms. The molecule has 1 unspecified atom stereocenters. The lowest BCUT2D eigenvalue weighted by Gasteiger charge is -2.36. The van der Waals surface area contributed by atoms with Crippen molar-refractivity contribution in [1.29, 1.82) is 0 Å². The highest BCUT2D eigenvalue weighted by molar-refractivity contribution is 4.53. The third kappa shape index (κ3) is 1.64. The maximum absolute atomic E-state index is 11.4. The summed E-state index contributed by atoms with van der Waals surface area (Å²) in [6, 6.07) is 0. The Bertz CT molecular complexity index is 89.1. The van der Waals surface area contributed by atoms with Gasteiger partial charge in [0.1, 0.15) is 6.67 Å². The van der Waals surface area contributed by atoms with Crippen LogP contribution in [0.4, 0.5) is 0 Å². The van der Waals surface area contributed by atoms with E-state index in [-0.39, 0.29) is 4.65 Å². The first-order valence-corrected chi connectivity index (χ1v) is 3.55. The Labute approximate surface area is 55.8 Å². The van der Waals surface area contributed by atoms with Crippen molar-refractivity contribution in [2.75, 3.05) is 26.3 Å². The normalized spacial score (nSPS) is 35.3. The molecule has 1 aliphatic rings. The van der Waals surface area contributed by atoms with Crippen LogP contribution < -0.4 is 5.32 Å². The van der Waals surface area contributed by atoms with Crippen molar-refractivity contribution in [3.05, 3.63) is 5.21 Å². The maximum Gasteiger partial charge on any atom is 0.132 e. The highest BCUT2D eigenvalue weighted by atomic mass is 16.5. The van der Waals surface area contributed by atoms with Crippen LogP contribution in [0.25, 0.3) is 0 Å². The lowest BCUT2D eigenvalue weighted by Crippen LogP contribution is -2.41. The number of quaternary nitrogens is 1. The van der Waals surface area contributed by atoms with E-state index in [2.05, 4.69) is 12.2 Å². The zero-order chi connectivity index (χ0) is 6.74. The number of hydrogen-bond donors (Lipinski definition) is 1. The minimum atomic E-state index is -0.0174. The van der Waals surface area contributed by atoms with Gasteiger partial charge in [0.05, 0.1) is 19.6 Å². The Hall–Kier alpha value is -0.120. The van der Waals surface area contributed by atoms with Crippen LogP contribution in [0.15, 0.2) is 0 Å². The van der Waals surface area contributed by atoms with E-state index < -0.39 is 0 Å². The topological polar surface area (TPSA) is 35.1 Å². The number of nitrogens with one attached hydrogen (secondary N) is 1. The molecule has 3 nitrogen and oxygen atoms in total. The molecule has 0 aliphatic carbocycles. The fourth-order valence-electron chi connectivity index (χ4n) is 1.24. The Kier molecular flexibility index (Phi) is 2.05. The van der Waals surface area contributed by atoms with Crippen LogP contribution in [0.3, 0.4) is 0 Å². The third-order valence-corrected chi connectivity index (χ3v) is 1.73. The summed E-state index contributed by atoms with van der Waals surface area (Å²) < 4.78 is -0.0174. The SMILES string of the molecule is CCC[N+]1([O-])CCNC1. The average Bonchev–Trinajstić information content (AvgIpc) is 2.16. The van der Waals surface area contributed by atoms with Crippen molar-refractivity contribution >= 4 is 0 Å². The molecule has 1 saturated heterocycles. The predicted octanol–water partition coefficient (Wildman–Crippen LogP) is 0.272. The third-order valence-electron chi connectivity index (χ3n) is 1.73. The molecule has 0 amide bonds. The lowest BCUT2D eigenvalue weighted by atomic mass is 10.4. The standard InChI is InChI=1S/C6H14N2O/c1-2-4-8(9)5-3-7-6-8/h7H,2-6H2,1H3. The van der Waals surface area contributed by atoms with Crippen LogP contribution >= 0.6 is 0 Å². The van der Waals surface area contributed by atoms with Crippen LogP contribution in [0.2, 0.25) is 0 Å². The van der Waals surface area contributed by atoms with Gasteiger partial charge in [0.15, 0.2) is 0 Å². The van der Waals surface area contributed by atoms with Gasteiger partial charge in [0, 0.05) is 0 Å². The number of hydrogen-bond acceptors (Lipinski definition) is 2. The molecular formula is C6H14N2O. The van der Waals surface area contributed by atoms with Gasteiger partial charge >= 0.3 is 0 Å². The highest BCUT2D eigenvalue weighted by Gasteiger charge is 2.19. The molecule has 0 bridgehead atoms. The molecule has 1 N–H and O–H groups in total. The Balaban J connectivity index is 2.32. The summed E-state index contributed by atoms with van der Waals surface area (Å²) in [5, 5.41) is 14.4. The van der Waals surface area contributed by atoms with Crippen molar-refractivity contribution in [3.63, 3.8) is 0 Å². The minimum absolute atomic E-state index is 0.0174. The van der Waals surface area contributed by atoms with Gasteiger partial charge in [-0.2, -0.15) is 0 Å². The highest BCUT2D eigenvalue weighted by Crippen LogP contribution is 2.06. The smallest absolute Gasteiger partial charge is 0.132 e.